The van der Waals surface area contributed by atoms with Crippen LogP contribution in [0.25, 0.3) is 0 Å². The van der Waals surface area contributed by atoms with Crippen molar-refractivity contribution in [1.82, 2.24) is 14.9 Å². The Morgan fingerprint density at radius 3 is 2.46 bits per heavy atom. The summed E-state index contributed by atoms with van der Waals surface area (Å²) in [4.78, 5) is 24.4. The Bertz CT molecular complexity index is 768. The average Bonchev–Trinajstić information content (AvgIpc) is 2.63. The van der Waals surface area contributed by atoms with Crippen molar-refractivity contribution in [2.24, 2.45) is 0 Å². The number of piperidine rings is 1. The SMILES string of the molecule is Cc1ccc(SC2CCN(C(=O)c3cc(C(C)C)nc(N)n3)CC2)cc1. The number of aryl methyl sites for hydroxylation is 1. The summed E-state index contributed by atoms with van der Waals surface area (Å²) in [5.74, 6) is 0.340. The van der Waals surface area contributed by atoms with Crippen LogP contribution < -0.4 is 5.73 Å². The first-order valence-electron chi connectivity index (χ1n) is 9.09. The van der Waals surface area contributed by atoms with Crippen LogP contribution in [-0.4, -0.2) is 39.1 Å². The number of rotatable bonds is 4. The van der Waals surface area contributed by atoms with E-state index in [1.54, 1.807) is 6.07 Å². The highest BCUT2D eigenvalue weighted by Crippen LogP contribution is 2.31. The highest BCUT2D eigenvalue weighted by Gasteiger charge is 2.25. The van der Waals surface area contributed by atoms with Gasteiger partial charge in [0.15, 0.2) is 0 Å². The van der Waals surface area contributed by atoms with Crippen molar-refractivity contribution >= 4 is 23.6 Å². The molecule has 0 atom stereocenters. The number of amides is 1. The Hall–Kier alpha value is -2.08. The monoisotopic (exact) mass is 370 g/mol. The first kappa shape index (κ1) is 18.7. The molecule has 0 unspecified atom stereocenters. The number of anilines is 1. The van der Waals surface area contributed by atoms with Crippen molar-refractivity contribution in [2.75, 3.05) is 18.8 Å². The van der Waals surface area contributed by atoms with Crippen LogP contribution in [0, 0.1) is 6.92 Å². The molecule has 0 radical (unpaired) electrons. The van der Waals surface area contributed by atoms with Gasteiger partial charge in [0.05, 0.1) is 0 Å². The first-order chi connectivity index (χ1) is 12.4. The summed E-state index contributed by atoms with van der Waals surface area (Å²) in [5, 5.41) is 0.545. The minimum absolute atomic E-state index is 0.0419. The molecule has 26 heavy (non-hydrogen) atoms. The van der Waals surface area contributed by atoms with Crippen molar-refractivity contribution in [3.63, 3.8) is 0 Å². The van der Waals surface area contributed by atoms with E-state index in [0.717, 1.165) is 31.6 Å². The number of carbonyl (C=O) groups excluding carboxylic acids is 1. The van der Waals surface area contributed by atoms with Crippen molar-refractivity contribution in [2.45, 2.75) is 49.7 Å². The van der Waals surface area contributed by atoms with Gasteiger partial charge in [-0.3, -0.25) is 4.79 Å². The van der Waals surface area contributed by atoms with E-state index < -0.39 is 0 Å². The molecule has 1 fully saturated rings. The maximum Gasteiger partial charge on any atom is 0.272 e. The second-order valence-corrected chi connectivity index (χ2v) is 8.49. The summed E-state index contributed by atoms with van der Waals surface area (Å²) in [5.41, 5.74) is 8.28. The standard InChI is InChI=1S/C20H26N4OS/c1-13(2)17-12-18(23-20(21)22-17)19(25)24-10-8-16(9-11-24)26-15-6-4-14(3)5-7-15/h4-7,12-13,16H,8-11H2,1-3H3,(H2,21,22,23). The lowest BCUT2D eigenvalue weighted by Crippen LogP contribution is -2.39. The highest BCUT2D eigenvalue weighted by molar-refractivity contribution is 8.00. The van der Waals surface area contributed by atoms with Crippen LogP contribution in [0.15, 0.2) is 35.2 Å². The molecule has 1 aliphatic heterocycles. The van der Waals surface area contributed by atoms with E-state index in [4.69, 9.17) is 5.73 Å². The van der Waals surface area contributed by atoms with Gasteiger partial charge in [0.2, 0.25) is 5.95 Å². The van der Waals surface area contributed by atoms with Crippen LogP contribution in [0.1, 0.15) is 54.4 Å². The van der Waals surface area contributed by atoms with Gasteiger partial charge in [-0.25, -0.2) is 9.97 Å². The van der Waals surface area contributed by atoms with Crippen molar-refractivity contribution < 1.29 is 4.79 Å². The fourth-order valence-electron chi connectivity index (χ4n) is 3.04. The van der Waals surface area contributed by atoms with Crippen molar-refractivity contribution in [1.29, 1.82) is 0 Å². The molecule has 0 spiro atoms. The predicted molar refractivity (Wildman–Crippen MR) is 106 cm³/mol. The zero-order chi connectivity index (χ0) is 18.7. The van der Waals surface area contributed by atoms with Gasteiger partial charge in [0, 0.05) is 28.9 Å². The summed E-state index contributed by atoms with van der Waals surface area (Å²) >= 11 is 1.91. The van der Waals surface area contributed by atoms with E-state index in [2.05, 4.69) is 41.2 Å². The average molecular weight is 371 g/mol. The number of thioether (sulfide) groups is 1. The smallest absolute Gasteiger partial charge is 0.272 e. The van der Waals surface area contributed by atoms with Crippen molar-refractivity contribution in [3.8, 4) is 0 Å². The third kappa shape index (κ3) is 4.55. The van der Waals surface area contributed by atoms with E-state index in [0.29, 0.717) is 10.9 Å². The number of nitrogens with two attached hydrogens (primary N) is 1. The summed E-state index contributed by atoms with van der Waals surface area (Å²) < 4.78 is 0. The van der Waals surface area contributed by atoms with E-state index in [9.17, 15) is 4.79 Å². The molecule has 1 aromatic heterocycles. The number of hydrogen-bond donors (Lipinski definition) is 1. The largest absolute Gasteiger partial charge is 0.368 e. The number of nitrogens with zero attached hydrogens (tertiary/aromatic N) is 3. The van der Waals surface area contributed by atoms with Gasteiger partial charge in [-0.2, -0.15) is 0 Å². The maximum absolute atomic E-state index is 12.8. The molecule has 1 aromatic carbocycles. The molecule has 5 nitrogen and oxygen atoms in total. The molecular formula is C20H26N4OS. The quantitative estimate of drug-likeness (QED) is 0.884. The summed E-state index contributed by atoms with van der Waals surface area (Å²) in [6, 6.07) is 10.4. The molecule has 1 saturated heterocycles. The van der Waals surface area contributed by atoms with Crippen LogP contribution in [-0.2, 0) is 0 Å². The molecule has 2 N–H and O–H groups in total. The number of benzene rings is 1. The van der Waals surface area contributed by atoms with E-state index in [1.165, 1.54) is 10.5 Å². The third-order valence-electron chi connectivity index (χ3n) is 4.63. The second-order valence-electron chi connectivity index (χ2n) is 7.11. The topological polar surface area (TPSA) is 72.1 Å². The fourth-order valence-corrected chi connectivity index (χ4v) is 4.16. The van der Waals surface area contributed by atoms with E-state index >= 15 is 0 Å². The lowest BCUT2D eigenvalue weighted by Gasteiger charge is -2.31. The normalized spacial score (nSPS) is 15.5. The lowest BCUT2D eigenvalue weighted by molar-refractivity contribution is 0.0721. The Morgan fingerprint density at radius 2 is 1.85 bits per heavy atom. The molecule has 3 rings (SSSR count). The Labute approximate surface area is 159 Å². The molecule has 0 bridgehead atoms. The van der Waals surface area contributed by atoms with Crippen molar-refractivity contribution in [3.05, 3.63) is 47.3 Å². The van der Waals surface area contributed by atoms with Crippen LogP contribution in [0.4, 0.5) is 5.95 Å². The van der Waals surface area contributed by atoms with Crippen LogP contribution in [0.2, 0.25) is 0 Å². The maximum atomic E-state index is 12.8. The molecule has 2 heterocycles. The summed E-state index contributed by atoms with van der Waals surface area (Å²) in [6.07, 6.45) is 1.98. The Morgan fingerprint density at radius 1 is 1.19 bits per heavy atom. The summed E-state index contributed by atoms with van der Waals surface area (Å²) in [7, 11) is 0. The zero-order valence-corrected chi connectivity index (χ0v) is 16.4. The minimum atomic E-state index is -0.0419. The first-order valence-corrected chi connectivity index (χ1v) is 9.97. The summed E-state index contributed by atoms with van der Waals surface area (Å²) in [6.45, 7) is 7.67. The highest BCUT2D eigenvalue weighted by atomic mass is 32.2. The van der Waals surface area contributed by atoms with Crippen LogP contribution in [0.3, 0.4) is 0 Å². The molecular weight excluding hydrogens is 344 g/mol. The number of carbonyl (C=O) groups is 1. The fraction of sp³-hybridized carbons (Fsp3) is 0.450. The molecule has 1 amide bonds. The zero-order valence-electron chi connectivity index (χ0n) is 15.6. The van der Waals surface area contributed by atoms with Gasteiger partial charge < -0.3 is 10.6 Å². The third-order valence-corrected chi connectivity index (χ3v) is 5.98. The predicted octanol–water partition coefficient (Wildman–Crippen LogP) is 3.89. The minimum Gasteiger partial charge on any atom is -0.368 e. The molecule has 6 heteroatoms. The number of aromatic nitrogens is 2. The molecule has 2 aromatic rings. The molecule has 0 saturated carbocycles. The van der Waals surface area contributed by atoms with E-state index in [-0.39, 0.29) is 17.8 Å². The van der Waals surface area contributed by atoms with Gasteiger partial charge >= 0.3 is 0 Å². The van der Waals surface area contributed by atoms with E-state index in [1.807, 2.05) is 30.5 Å². The molecule has 138 valence electrons. The second kappa shape index (κ2) is 8.08. The Kier molecular flexibility index (Phi) is 5.81. The number of likely N-dealkylation sites (tertiary alicyclic amines) is 1. The Balaban J connectivity index is 1.61. The van der Waals surface area contributed by atoms with Crippen LogP contribution >= 0.6 is 11.8 Å². The van der Waals surface area contributed by atoms with Gasteiger partial charge in [-0.1, -0.05) is 31.5 Å². The van der Waals surface area contributed by atoms with Gasteiger partial charge in [-0.15, -0.1) is 11.8 Å². The molecule has 1 aliphatic rings. The van der Waals surface area contributed by atoms with Crippen LogP contribution in [0.5, 0.6) is 0 Å². The number of hydrogen-bond acceptors (Lipinski definition) is 5. The number of nitrogen functional groups attached to an aromatic ring is 1. The van der Waals surface area contributed by atoms with Gasteiger partial charge in [0.25, 0.3) is 5.91 Å². The molecule has 0 aliphatic carbocycles. The van der Waals surface area contributed by atoms with Gasteiger partial charge in [-0.05, 0) is 43.9 Å². The van der Waals surface area contributed by atoms with Gasteiger partial charge in [0.1, 0.15) is 5.69 Å². The lowest BCUT2D eigenvalue weighted by atomic mass is 10.1.